The van der Waals surface area contributed by atoms with Crippen LogP contribution in [-0.2, 0) is 20.7 Å². The summed E-state index contributed by atoms with van der Waals surface area (Å²) >= 11 is 0. The van der Waals surface area contributed by atoms with Gasteiger partial charge in [0.15, 0.2) is 13.2 Å². The maximum absolute atomic E-state index is 12.7. The summed E-state index contributed by atoms with van der Waals surface area (Å²) < 4.78 is 22.7. The van der Waals surface area contributed by atoms with Gasteiger partial charge < -0.3 is 14.8 Å². The lowest BCUT2D eigenvalue weighted by atomic mass is 10.1. The van der Waals surface area contributed by atoms with E-state index >= 15 is 0 Å². The molecular weight excluding hydrogens is 325 g/mol. The van der Waals surface area contributed by atoms with Crippen molar-refractivity contribution in [1.29, 1.82) is 0 Å². The van der Waals surface area contributed by atoms with Crippen LogP contribution in [0.25, 0.3) is 0 Å². The summed E-state index contributed by atoms with van der Waals surface area (Å²) in [4.78, 5) is 23.1. The van der Waals surface area contributed by atoms with Gasteiger partial charge in [-0.05, 0) is 42.7 Å². The minimum atomic E-state index is -0.663. The quantitative estimate of drug-likeness (QED) is 0.560. The van der Waals surface area contributed by atoms with Gasteiger partial charge in [0.05, 0.1) is 0 Å². The van der Waals surface area contributed by atoms with E-state index in [0.29, 0.717) is 12.3 Å². The van der Waals surface area contributed by atoms with Gasteiger partial charge in [0.2, 0.25) is 0 Å². The molecular formula is C19H20FNO4. The second kappa shape index (κ2) is 10.1. The van der Waals surface area contributed by atoms with Crippen LogP contribution in [0.5, 0.6) is 5.75 Å². The topological polar surface area (TPSA) is 64.6 Å². The van der Waals surface area contributed by atoms with Crippen LogP contribution in [0.2, 0.25) is 0 Å². The number of nitrogens with one attached hydrogen (secondary N) is 1. The third-order valence-corrected chi connectivity index (χ3v) is 3.34. The molecule has 0 aliphatic heterocycles. The van der Waals surface area contributed by atoms with E-state index in [1.165, 1.54) is 29.8 Å². The number of halogens is 1. The highest BCUT2D eigenvalue weighted by atomic mass is 19.1. The molecule has 0 aliphatic carbocycles. The lowest BCUT2D eigenvalue weighted by Gasteiger charge is -2.08. The summed E-state index contributed by atoms with van der Waals surface area (Å²) in [6, 6.07) is 15.2. The molecule has 0 atom stereocenters. The SMILES string of the molecule is O=C(COC(=O)COc1ccc(F)cc1)NCCCc1ccccc1. The minimum Gasteiger partial charge on any atom is -0.482 e. The first-order valence-electron chi connectivity index (χ1n) is 7.98. The van der Waals surface area contributed by atoms with Gasteiger partial charge in [-0.25, -0.2) is 9.18 Å². The van der Waals surface area contributed by atoms with E-state index in [4.69, 9.17) is 9.47 Å². The first-order chi connectivity index (χ1) is 12.1. The fourth-order valence-electron chi connectivity index (χ4n) is 2.08. The molecule has 0 radical (unpaired) electrons. The molecule has 2 aromatic rings. The highest BCUT2D eigenvalue weighted by molar-refractivity contribution is 5.80. The lowest BCUT2D eigenvalue weighted by molar-refractivity contribution is -0.150. The van der Waals surface area contributed by atoms with E-state index in [0.717, 1.165) is 12.8 Å². The molecule has 0 saturated heterocycles. The number of benzene rings is 2. The molecule has 6 heteroatoms. The zero-order valence-corrected chi connectivity index (χ0v) is 13.7. The summed E-state index contributed by atoms with van der Waals surface area (Å²) in [5.74, 6) is -1.06. The van der Waals surface area contributed by atoms with Gasteiger partial charge in [0.1, 0.15) is 11.6 Å². The van der Waals surface area contributed by atoms with Gasteiger partial charge >= 0.3 is 5.97 Å². The summed E-state index contributed by atoms with van der Waals surface area (Å²) in [5.41, 5.74) is 1.21. The number of carbonyl (C=O) groups is 2. The Kier molecular flexibility index (Phi) is 7.43. The molecule has 0 bridgehead atoms. The molecule has 0 heterocycles. The lowest BCUT2D eigenvalue weighted by Crippen LogP contribution is -2.30. The maximum atomic E-state index is 12.7. The molecule has 1 N–H and O–H groups in total. The zero-order chi connectivity index (χ0) is 17.9. The van der Waals surface area contributed by atoms with E-state index in [-0.39, 0.29) is 24.9 Å². The number of rotatable bonds is 9. The van der Waals surface area contributed by atoms with Crippen molar-refractivity contribution >= 4 is 11.9 Å². The van der Waals surface area contributed by atoms with Crippen LogP contribution in [0.1, 0.15) is 12.0 Å². The van der Waals surface area contributed by atoms with E-state index in [2.05, 4.69) is 5.32 Å². The number of amides is 1. The van der Waals surface area contributed by atoms with Crippen LogP contribution in [-0.4, -0.2) is 31.6 Å². The van der Waals surface area contributed by atoms with Crippen molar-refractivity contribution in [3.63, 3.8) is 0 Å². The monoisotopic (exact) mass is 345 g/mol. The van der Waals surface area contributed by atoms with E-state index < -0.39 is 5.97 Å². The Morgan fingerprint density at radius 1 is 0.960 bits per heavy atom. The van der Waals surface area contributed by atoms with Gasteiger partial charge in [0.25, 0.3) is 5.91 Å². The first kappa shape index (κ1) is 18.4. The Bertz CT molecular complexity index is 674. The van der Waals surface area contributed by atoms with E-state index in [1.807, 2.05) is 30.3 Å². The van der Waals surface area contributed by atoms with Crippen molar-refractivity contribution in [3.8, 4) is 5.75 Å². The van der Waals surface area contributed by atoms with Crippen LogP contribution in [0.4, 0.5) is 4.39 Å². The maximum Gasteiger partial charge on any atom is 0.344 e. The molecule has 0 aromatic heterocycles. The van der Waals surface area contributed by atoms with E-state index in [1.54, 1.807) is 0 Å². The summed E-state index contributed by atoms with van der Waals surface area (Å²) in [5, 5.41) is 2.69. The molecule has 2 aromatic carbocycles. The summed E-state index contributed by atoms with van der Waals surface area (Å²) in [6.45, 7) is -0.179. The van der Waals surface area contributed by atoms with Crippen LogP contribution in [0.3, 0.4) is 0 Å². The molecule has 0 unspecified atom stereocenters. The van der Waals surface area contributed by atoms with Gasteiger partial charge in [-0.1, -0.05) is 30.3 Å². The normalized spacial score (nSPS) is 10.1. The Labute approximate surface area is 145 Å². The Hall–Kier alpha value is -2.89. The average Bonchev–Trinajstić information content (AvgIpc) is 2.64. The fraction of sp³-hybridized carbons (Fsp3) is 0.263. The standard InChI is InChI=1S/C19H20FNO4/c20-16-8-10-17(11-9-16)24-14-19(23)25-13-18(22)21-12-4-7-15-5-2-1-3-6-15/h1-3,5-6,8-11H,4,7,12-14H2,(H,21,22). The first-order valence-corrected chi connectivity index (χ1v) is 7.98. The molecule has 0 saturated carbocycles. The Morgan fingerprint density at radius 3 is 2.40 bits per heavy atom. The van der Waals surface area contributed by atoms with Crippen LogP contribution in [0.15, 0.2) is 54.6 Å². The van der Waals surface area contributed by atoms with Crippen molar-refractivity contribution in [2.45, 2.75) is 12.8 Å². The highest BCUT2D eigenvalue weighted by Crippen LogP contribution is 2.10. The van der Waals surface area contributed by atoms with Gasteiger partial charge in [0, 0.05) is 6.54 Å². The molecule has 0 aliphatic rings. The number of hydrogen-bond donors (Lipinski definition) is 1. The average molecular weight is 345 g/mol. The van der Waals surface area contributed by atoms with Crippen molar-refractivity contribution in [2.75, 3.05) is 19.8 Å². The van der Waals surface area contributed by atoms with Crippen molar-refractivity contribution < 1.29 is 23.5 Å². The van der Waals surface area contributed by atoms with Crippen LogP contribution in [0, 0.1) is 5.82 Å². The van der Waals surface area contributed by atoms with Gasteiger partial charge in [-0.2, -0.15) is 0 Å². The molecule has 2 rings (SSSR count). The largest absolute Gasteiger partial charge is 0.482 e. The Morgan fingerprint density at radius 2 is 1.68 bits per heavy atom. The fourth-order valence-corrected chi connectivity index (χ4v) is 2.08. The second-order valence-electron chi connectivity index (χ2n) is 5.34. The van der Waals surface area contributed by atoms with E-state index in [9.17, 15) is 14.0 Å². The third kappa shape index (κ3) is 7.48. The number of aryl methyl sites for hydroxylation is 1. The predicted octanol–water partition coefficient (Wildman–Crippen LogP) is 2.50. The molecule has 0 spiro atoms. The smallest absolute Gasteiger partial charge is 0.344 e. The Balaban J connectivity index is 1.54. The molecule has 5 nitrogen and oxygen atoms in total. The number of esters is 1. The molecule has 1 amide bonds. The number of ether oxygens (including phenoxy) is 2. The van der Waals surface area contributed by atoms with Crippen molar-refractivity contribution in [2.24, 2.45) is 0 Å². The van der Waals surface area contributed by atoms with Crippen LogP contribution < -0.4 is 10.1 Å². The number of hydrogen-bond acceptors (Lipinski definition) is 4. The zero-order valence-electron chi connectivity index (χ0n) is 13.7. The highest BCUT2D eigenvalue weighted by Gasteiger charge is 2.08. The molecule has 0 fully saturated rings. The van der Waals surface area contributed by atoms with Crippen molar-refractivity contribution in [3.05, 3.63) is 66.0 Å². The second-order valence-corrected chi connectivity index (χ2v) is 5.34. The van der Waals surface area contributed by atoms with Gasteiger partial charge in [-0.3, -0.25) is 4.79 Å². The molecule has 25 heavy (non-hydrogen) atoms. The third-order valence-electron chi connectivity index (χ3n) is 3.34. The van der Waals surface area contributed by atoms with Crippen LogP contribution >= 0.6 is 0 Å². The summed E-state index contributed by atoms with van der Waals surface area (Å²) in [7, 11) is 0. The predicted molar refractivity (Wildman–Crippen MR) is 90.6 cm³/mol. The van der Waals surface area contributed by atoms with Crippen molar-refractivity contribution in [1.82, 2.24) is 5.32 Å². The summed E-state index contributed by atoms with van der Waals surface area (Å²) in [6.07, 6.45) is 1.67. The van der Waals surface area contributed by atoms with Gasteiger partial charge in [-0.15, -0.1) is 0 Å². The molecule has 132 valence electrons. The minimum absolute atomic E-state index is 0.340. The number of carbonyl (C=O) groups excluding carboxylic acids is 2.